The van der Waals surface area contributed by atoms with Gasteiger partial charge in [0.1, 0.15) is 11.5 Å². The number of ether oxygens (including phenoxy) is 2. The van der Waals surface area contributed by atoms with E-state index < -0.39 is 0 Å². The molecule has 1 aromatic carbocycles. The molecule has 110 valence electrons. The lowest BCUT2D eigenvalue weighted by atomic mass is 9.97. The number of piperidine rings is 1. The minimum absolute atomic E-state index is 0.123. The van der Waals surface area contributed by atoms with Crippen LogP contribution in [0.5, 0.6) is 11.5 Å². The molecule has 5 heteroatoms. The van der Waals surface area contributed by atoms with Gasteiger partial charge in [0.05, 0.1) is 19.8 Å². The van der Waals surface area contributed by atoms with Gasteiger partial charge in [-0.3, -0.25) is 4.79 Å². The van der Waals surface area contributed by atoms with Crippen molar-refractivity contribution >= 4 is 5.91 Å². The fraction of sp³-hybridized carbons (Fsp3) is 0.533. The van der Waals surface area contributed by atoms with Gasteiger partial charge < -0.3 is 20.1 Å². The Bertz CT molecular complexity index is 476. The van der Waals surface area contributed by atoms with Crippen LogP contribution in [-0.2, 0) is 0 Å². The number of amides is 1. The summed E-state index contributed by atoms with van der Waals surface area (Å²) in [4.78, 5) is 12.4. The normalized spacial score (nSPS) is 22.1. The maximum atomic E-state index is 12.4. The highest BCUT2D eigenvalue weighted by molar-refractivity contribution is 5.97. The largest absolute Gasteiger partial charge is 0.497 e. The Labute approximate surface area is 119 Å². The van der Waals surface area contributed by atoms with Crippen LogP contribution >= 0.6 is 0 Å². The van der Waals surface area contributed by atoms with Crippen LogP contribution in [0.1, 0.15) is 23.7 Å². The number of hydrogen-bond donors (Lipinski definition) is 2. The van der Waals surface area contributed by atoms with Gasteiger partial charge in [-0.15, -0.1) is 0 Å². The Morgan fingerprint density at radius 2 is 2.10 bits per heavy atom. The first-order chi connectivity index (χ1) is 9.63. The summed E-state index contributed by atoms with van der Waals surface area (Å²) in [5, 5.41) is 6.38. The summed E-state index contributed by atoms with van der Waals surface area (Å²) >= 11 is 0. The summed E-state index contributed by atoms with van der Waals surface area (Å²) in [6.45, 7) is 3.99. The van der Waals surface area contributed by atoms with Crippen molar-refractivity contribution in [1.82, 2.24) is 10.6 Å². The smallest absolute Gasteiger partial charge is 0.255 e. The SMILES string of the molecule is COc1ccc(OC)c(C(=O)NC2CNCC(C)C2)c1. The molecule has 0 saturated carbocycles. The van der Waals surface area contributed by atoms with Gasteiger partial charge in [-0.1, -0.05) is 6.92 Å². The van der Waals surface area contributed by atoms with E-state index >= 15 is 0 Å². The number of rotatable bonds is 4. The van der Waals surface area contributed by atoms with Gasteiger partial charge in [0.2, 0.25) is 0 Å². The van der Waals surface area contributed by atoms with E-state index in [0.29, 0.717) is 23.0 Å². The molecule has 1 aliphatic heterocycles. The van der Waals surface area contributed by atoms with Crippen LogP contribution in [0, 0.1) is 5.92 Å². The van der Waals surface area contributed by atoms with Crippen LogP contribution in [0.25, 0.3) is 0 Å². The Morgan fingerprint density at radius 3 is 2.75 bits per heavy atom. The zero-order chi connectivity index (χ0) is 14.5. The minimum atomic E-state index is -0.123. The van der Waals surface area contributed by atoms with Crippen molar-refractivity contribution < 1.29 is 14.3 Å². The van der Waals surface area contributed by atoms with E-state index in [2.05, 4.69) is 17.6 Å². The summed E-state index contributed by atoms with van der Waals surface area (Å²) < 4.78 is 10.4. The van der Waals surface area contributed by atoms with Crippen LogP contribution < -0.4 is 20.1 Å². The van der Waals surface area contributed by atoms with Gasteiger partial charge in [0, 0.05) is 12.6 Å². The fourth-order valence-electron chi connectivity index (χ4n) is 2.52. The molecule has 1 saturated heterocycles. The molecule has 0 bridgehead atoms. The summed E-state index contributed by atoms with van der Waals surface area (Å²) in [6, 6.07) is 5.38. The van der Waals surface area contributed by atoms with E-state index in [9.17, 15) is 4.79 Å². The highest BCUT2D eigenvalue weighted by Gasteiger charge is 2.22. The lowest BCUT2D eigenvalue weighted by Gasteiger charge is -2.28. The summed E-state index contributed by atoms with van der Waals surface area (Å²) in [6.07, 6.45) is 0.991. The van der Waals surface area contributed by atoms with Gasteiger partial charge in [0.25, 0.3) is 5.91 Å². The first kappa shape index (κ1) is 14.7. The topological polar surface area (TPSA) is 59.6 Å². The fourth-order valence-corrected chi connectivity index (χ4v) is 2.52. The first-order valence-electron chi connectivity index (χ1n) is 6.87. The molecular weight excluding hydrogens is 256 g/mol. The van der Waals surface area contributed by atoms with Crippen LogP contribution in [0.4, 0.5) is 0 Å². The molecule has 0 aromatic heterocycles. The van der Waals surface area contributed by atoms with Crippen molar-refractivity contribution in [2.45, 2.75) is 19.4 Å². The number of carbonyl (C=O) groups excluding carboxylic acids is 1. The van der Waals surface area contributed by atoms with Crippen molar-refractivity contribution in [1.29, 1.82) is 0 Å². The standard InChI is InChI=1S/C15H22N2O3/c1-10-6-11(9-16-8-10)17-15(18)13-7-12(19-2)4-5-14(13)20-3/h4-5,7,10-11,16H,6,8-9H2,1-3H3,(H,17,18). The molecule has 1 amide bonds. The molecular formula is C15H22N2O3. The molecule has 1 fully saturated rings. The number of hydrogen-bond acceptors (Lipinski definition) is 4. The van der Waals surface area contributed by atoms with Gasteiger partial charge in [-0.05, 0) is 37.1 Å². The van der Waals surface area contributed by atoms with Crippen LogP contribution in [0.3, 0.4) is 0 Å². The molecule has 1 heterocycles. The molecule has 1 aromatic rings. The van der Waals surface area contributed by atoms with E-state index in [1.165, 1.54) is 0 Å². The average molecular weight is 278 g/mol. The summed E-state index contributed by atoms with van der Waals surface area (Å²) in [5.41, 5.74) is 0.505. The highest BCUT2D eigenvalue weighted by atomic mass is 16.5. The predicted molar refractivity (Wildman–Crippen MR) is 77.5 cm³/mol. The van der Waals surface area contributed by atoms with Crippen LogP contribution in [0.15, 0.2) is 18.2 Å². The molecule has 0 spiro atoms. The summed E-state index contributed by atoms with van der Waals surface area (Å²) in [7, 11) is 3.14. The second-order valence-corrected chi connectivity index (χ2v) is 5.24. The maximum Gasteiger partial charge on any atom is 0.255 e. The quantitative estimate of drug-likeness (QED) is 0.875. The highest BCUT2D eigenvalue weighted by Crippen LogP contribution is 2.24. The summed E-state index contributed by atoms with van der Waals surface area (Å²) in [5.74, 6) is 1.65. The van der Waals surface area contributed by atoms with Gasteiger partial charge >= 0.3 is 0 Å². The van der Waals surface area contributed by atoms with Gasteiger partial charge in [0.15, 0.2) is 0 Å². The van der Waals surface area contributed by atoms with E-state index in [-0.39, 0.29) is 11.9 Å². The molecule has 0 aliphatic carbocycles. The minimum Gasteiger partial charge on any atom is -0.497 e. The number of benzene rings is 1. The third-order valence-electron chi connectivity index (χ3n) is 3.56. The maximum absolute atomic E-state index is 12.4. The lowest BCUT2D eigenvalue weighted by molar-refractivity contribution is 0.0922. The first-order valence-corrected chi connectivity index (χ1v) is 6.87. The molecule has 2 rings (SSSR count). The van der Waals surface area contributed by atoms with Crippen molar-refractivity contribution in [3.63, 3.8) is 0 Å². The third kappa shape index (κ3) is 3.42. The zero-order valence-electron chi connectivity index (χ0n) is 12.2. The Balaban J connectivity index is 2.11. The Morgan fingerprint density at radius 1 is 1.30 bits per heavy atom. The van der Waals surface area contributed by atoms with E-state index in [1.807, 2.05) is 0 Å². The zero-order valence-corrected chi connectivity index (χ0v) is 12.2. The average Bonchev–Trinajstić information content (AvgIpc) is 2.46. The Hall–Kier alpha value is -1.75. The predicted octanol–water partition coefficient (Wildman–Crippen LogP) is 1.43. The van der Waals surface area contributed by atoms with E-state index in [4.69, 9.17) is 9.47 Å². The van der Waals surface area contributed by atoms with E-state index in [1.54, 1.807) is 32.4 Å². The molecule has 20 heavy (non-hydrogen) atoms. The molecule has 2 atom stereocenters. The number of carbonyl (C=O) groups is 1. The number of nitrogens with one attached hydrogen (secondary N) is 2. The molecule has 2 unspecified atom stereocenters. The third-order valence-corrected chi connectivity index (χ3v) is 3.56. The molecule has 1 aliphatic rings. The molecule has 0 radical (unpaired) electrons. The lowest BCUT2D eigenvalue weighted by Crippen LogP contribution is -2.48. The number of methoxy groups -OCH3 is 2. The van der Waals surface area contributed by atoms with Gasteiger partial charge in [-0.2, -0.15) is 0 Å². The van der Waals surface area contributed by atoms with Crippen molar-refractivity contribution in [2.75, 3.05) is 27.3 Å². The van der Waals surface area contributed by atoms with Crippen molar-refractivity contribution in [3.05, 3.63) is 23.8 Å². The van der Waals surface area contributed by atoms with Crippen molar-refractivity contribution in [2.24, 2.45) is 5.92 Å². The second kappa shape index (κ2) is 6.61. The van der Waals surface area contributed by atoms with Crippen molar-refractivity contribution in [3.8, 4) is 11.5 Å². The van der Waals surface area contributed by atoms with E-state index in [0.717, 1.165) is 19.5 Å². The second-order valence-electron chi connectivity index (χ2n) is 5.24. The van der Waals surface area contributed by atoms with Gasteiger partial charge in [-0.25, -0.2) is 0 Å². The van der Waals surface area contributed by atoms with Crippen LogP contribution in [-0.4, -0.2) is 39.3 Å². The monoisotopic (exact) mass is 278 g/mol. The molecule has 5 nitrogen and oxygen atoms in total. The van der Waals surface area contributed by atoms with Crippen LogP contribution in [0.2, 0.25) is 0 Å². The Kier molecular flexibility index (Phi) is 4.84. The molecule has 2 N–H and O–H groups in total.